The van der Waals surface area contributed by atoms with Crippen LogP contribution in [0.5, 0.6) is 0 Å². The van der Waals surface area contributed by atoms with Crippen LogP contribution < -0.4 is 5.32 Å². The fourth-order valence-electron chi connectivity index (χ4n) is 2.03. The summed E-state index contributed by atoms with van der Waals surface area (Å²) in [6.45, 7) is 3.41. The first-order chi connectivity index (χ1) is 10.3. The molecule has 1 amide bonds. The summed E-state index contributed by atoms with van der Waals surface area (Å²) in [5.41, 5.74) is 0.239. The number of benzene rings is 1. The molecular weight excluding hydrogens is 307 g/mol. The van der Waals surface area contributed by atoms with E-state index in [2.05, 4.69) is 5.32 Å². The highest BCUT2D eigenvalue weighted by Crippen LogP contribution is 2.12. The number of hydrogen-bond donors (Lipinski definition) is 1. The molecule has 1 aromatic carbocycles. The van der Waals surface area contributed by atoms with E-state index in [9.17, 15) is 17.6 Å². The van der Waals surface area contributed by atoms with E-state index in [0.717, 1.165) is 23.4 Å². The number of halogens is 1. The summed E-state index contributed by atoms with van der Waals surface area (Å²) in [7, 11) is -3.62. The van der Waals surface area contributed by atoms with Crippen LogP contribution >= 0.6 is 0 Å². The molecule has 0 saturated heterocycles. The number of nitrogens with one attached hydrogen (secondary N) is 1. The van der Waals surface area contributed by atoms with Gasteiger partial charge in [0, 0.05) is 18.2 Å². The normalized spacial score (nSPS) is 11.9. The third kappa shape index (κ3) is 5.73. The predicted octanol–water partition coefficient (Wildman–Crippen LogP) is 1.89. The molecule has 0 bridgehead atoms. The first-order valence-electron chi connectivity index (χ1n) is 7.25. The third-order valence-electron chi connectivity index (χ3n) is 3.44. The number of carbonyl (C=O) groups excluding carboxylic acids is 1. The van der Waals surface area contributed by atoms with Crippen LogP contribution in [0.4, 0.5) is 4.39 Å². The van der Waals surface area contributed by atoms with Crippen molar-refractivity contribution >= 4 is 15.9 Å². The maximum atomic E-state index is 13.7. The van der Waals surface area contributed by atoms with Gasteiger partial charge >= 0.3 is 0 Å². The molecule has 1 N–H and O–H groups in total. The Labute approximate surface area is 131 Å². The molecule has 7 heteroatoms. The van der Waals surface area contributed by atoms with Gasteiger partial charge in [-0.1, -0.05) is 32.0 Å². The number of rotatable bonds is 8. The average molecular weight is 330 g/mol. The van der Waals surface area contributed by atoms with Gasteiger partial charge in [0.2, 0.25) is 15.9 Å². The Bertz CT molecular complexity index is 601. The number of amides is 1. The van der Waals surface area contributed by atoms with Crippen molar-refractivity contribution in [2.45, 2.75) is 39.3 Å². The molecule has 0 aliphatic heterocycles. The zero-order valence-corrected chi connectivity index (χ0v) is 14.0. The average Bonchev–Trinajstić information content (AvgIpc) is 2.45. The van der Waals surface area contributed by atoms with Gasteiger partial charge in [0.15, 0.2) is 0 Å². The fourth-order valence-corrected chi connectivity index (χ4v) is 2.76. The second-order valence-corrected chi connectivity index (χ2v) is 7.19. The summed E-state index contributed by atoms with van der Waals surface area (Å²) in [6.07, 6.45) is 2.56. The van der Waals surface area contributed by atoms with Gasteiger partial charge in [-0.15, -0.1) is 0 Å². The zero-order chi connectivity index (χ0) is 16.8. The Morgan fingerprint density at radius 1 is 1.27 bits per heavy atom. The predicted molar refractivity (Wildman–Crippen MR) is 84.2 cm³/mol. The van der Waals surface area contributed by atoms with Crippen molar-refractivity contribution in [1.82, 2.24) is 9.62 Å². The SMILES string of the molecule is CCC(CC)NC(=O)CN(Cc1ccccc1F)S(C)(=O)=O. The summed E-state index contributed by atoms with van der Waals surface area (Å²) in [6, 6.07) is 5.95. The number of carbonyl (C=O) groups is 1. The van der Waals surface area contributed by atoms with E-state index in [1.54, 1.807) is 6.07 Å². The van der Waals surface area contributed by atoms with E-state index in [-0.39, 0.29) is 30.6 Å². The first-order valence-corrected chi connectivity index (χ1v) is 9.10. The van der Waals surface area contributed by atoms with Crippen molar-refractivity contribution in [3.05, 3.63) is 35.6 Å². The minimum Gasteiger partial charge on any atom is -0.352 e. The summed E-state index contributed by atoms with van der Waals surface area (Å²) in [5.74, 6) is -0.869. The Morgan fingerprint density at radius 3 is 2.36 bits per heavy atom. The number of hydrogen-bond acceptors (Lipinski definition) is 3. The van der Waals surface area contributed by atoms with Crippen molar-refractivity contribution in [3.8, 4) is 0 Å². The van der Waals surface area contributed by atoms with E-state index in [1.165, 1.54) is 18.2 Å². The molecule has 0 saturated carbocycles. The van der Waals surface area contributed by atoms with Crippen LogP contribution in [0.2, 0.25) is 0 Å². The molecule has 22 heavy (non-hydrogen) atoms. The molecule has 0 radical (unpaired) electrons. The lowest BCUT2D eigenvalue weighted by molar-refractivity contribution is -0.122. The molecular formula is C15H23FN2O3S. The molecule has 5 nitrogen and oxygen atoms in total. The van der Waals surface area contributed by atoms with Crippen LogP contribution in [0.3, 0.4) is 0 Å². The van der Waals surface area contributed by atoms with Crippen LogP contribution in [0.1, 0.15) is 32.3 Å². The minimum atomic E-state index is -3.62. The number of sulfonamides is 1. The van der Waals surface area contributed by atoms with Crippen LogP contribution in [0.15, 0.2) is 24.3 Å². The molecule has 0 aliphatic carbocycles. The standard InChI is InChI=1S/C15H23FN2O3S/c1-4-13(5-2)17-15(19)11-18(22(3,20)21)10-12-8-6-7-9-14(12)16/h6-9,13H,4-5,10-11H2,1-3H3,(H,17,19). The molecule has 0 unspecified atom stereocenters. The highest BCUT2D eigenvalue weighted by Gasteiger charge is 2.22. The largest absolute Gasteiger partial charge is 0.352 e. The van der Waals surface area contributed by atoms with Crippen molar-refractivity contribution in [2.24, 2.45) is 0 Å². The van der Waals surface area contributed by atoms with Crippen LogP contribution in [0, 0.1) is 5.82 Å². The molecule has 1 aromatic rings. The van der Waals surface area contributed by atoms with Gasteiger partial charge in [-0.2, -0.15) is 4.31 Å². The lowest BCUT2D eigenvalue weighted by Gasteiger charge is -2.22. The number of nitrogens with zero attached hydrogens (tertiary/aromatic N) is 1. The molecule has 0 atom stereocenters. The third-order valence-corrected chi connectivity index (χ3v) is 4.64. The molecule has 0 aliphatic rings. The van der Waals surface area contributed by atoms with Gasteiger partial charge in [-0.3, -0.25) is 4.79 Å². The second-order valence-electron chi connectivity index (χ2n) is 5.20. The Balaban J connectivity index is 2.83. The summed E-state index contributed by atoms with van der Waals surface area (Å²) >= 11 is 0. The smallest absolute Gasteiger partial charge is 0.235 e. The second kappa shape index (κ2) is 8.24. The van der Waals surface area contributed by atoms with Gasteiger partial charge < -0.3 is 5.32 Å². The Kier molecular flexibility index (Phi) is 6.96. The van der Waals surface area contributed by atoms with Gasteiger partial charge in [-0.25, -0.2) is 12.8 Å². The molecule has 1 rings (SSSR count). The van der Waals surface area contributed by atoms with Gasteiger partial charge in [0.1, 0.15) is 5.82 Å². The van der Waals surface area contributed by atoms with E-state index < -0.39 is 15.8 Å². The van der Waals surface area contributed by atoms with Crippen LogP contribution in [-0.4, -0.2) is 37.5 Å². The summed E-state index contributed by atoms with van der Waals surface area (Å²) < 4.78 is 38.3. The molecule has 0 aromatic heterocycles. The minimum absolute atomic E-state index is 0.0161. The van der Waals surface area contributed by atoms with Gasteiger partial charge in [-0.05, 0) is 18.9 Å². The maximum Gasteiger partial charge on any atom is 0.235 e. The molecule has 0 fully saturated rings. The summed E-state index contributed by atoms with van der Waals surface area (Å²) in [5, 5.41) is 2.78. The fraction of sp³-hybridized carbons (Fsp3) is 0.533. The maximum absolute atomic E-state index is 13.7. The molecule has 0 heterocycles. The van der Waals surface area contributed by atoms with E-state index in [1.807, 2.05) is 13.8 Å². The lowest BCUT2D eigenvalue weighted by atomic mass is 10.2. The van der Waals surface area contributed by atoms with Crippen LogP contribution in [-0.2, 0) is 21.4 Å². The highest BCUT2D eigenvalue weighted by molar-refractivity contribution is 7.88. The van der Waals surface area contributed by atoms with Crippen molar-refractivity contribution in [3.63, 3.8) is 0 Å². The van der Waals surface area contributed by atoms with E-state index >= 15 is 0 Å². The first kappa shape index (κ1) is 18.6. The van der Waals surface area contributed by atoms with Crippen LogP contribution in [0.25, 0.3) is 0 Å². The lowest BCUT2D eigenvalue weighted by Crippen LogP contribution is -2.43. The van der Waals surface area contributed by atoms with Crippen molar-refractivity contribution in [1.29, 1.82) is 0 Å². The van der Waals surface area contributed by atoms with E-state index in [4.69, 9.17) is 0 Å². The quantitative estimate of drug-likeness (QED) is 0.791. The Morgan fingerprint density at radius 2 is 1.86 bits per heavy atom. The topological polar surface area (TPSA) is 66.5 Å². The monoisotopic (exact) mass is 330 g/mol. The molecule has 124 valence electrons. The van der Waals surface area contributed by atoms with Crippen molar-refractivity contribution in [2.75, 3.05) is 12.8 Å². The van der Waals surface area contributed by atoms with Crippen molar-refractivity contribution < 1.29 is 17.6 Å². The molecule has 0 spiro atoms. The van der Waals surface area contributed by atoms with Gasteiger partial charge in [0.05, 0.1) is 12.8 Å². The van der Waals surface area contributed by atoms with E-state index in [0.29, 0.717) is 0 Å². The highest BCUT2D eigenvalue weighted by atomic mass is 32.2. The summed E-state index contributed by atoms with van der Waals surface area (Å²) in [4.78, 5) is 12.0. The Hall–Kier alpha value is -1.47. The zero-order valence-electron chi connectivity index (χ0n) is 13.2. The van der Waals surface area contributed by atoms with Gasteiger partial charge in [0.25, 0.3) is 0 Å².